The molecular weight excluding hydrogens is 471 g/mol. The van der Waals surface area contributed by atoms with E-state index in [1.807, 2.05) is 19.2 Å². The highest BCUT2D eigenvalue weighted by Crippen LogP contribution is 2.41. The van der Waals surface area contributed by atoms with Crippen LogP contribution >= 0.6 is 35.6 Å². The predicted molar refractivity (Wildman–Crippen MR) is 124 cm³/mol. The zero-order chi connectivity index (χ0) is 17.9. The van der Waals surface area contributed by atoms with Gasteiger partial charge >= 0.3 is 0 Å². The Balaban J connectivity index is 0.00000210. The highest BCUT2D eigenvalue weighted by molar-refractivity contribution is 14.0. The molecule has 6 heteroatoms. The summed E-state index contributed by atoms with van der Waals surface area (Å²) in [7, 11) is 1.91. The van der Waals surface area contributed by atoms with Crippen LogP contribution in [0.15, 0.2) is 29.3 Å². The highest BCUT2D eigenvalue weighted by atomic mass is 127. The van der Waals surface area contributed by atoms with Crippen molar-refractivity contribution in [2.24, 2.45) is 10.9 Å². The van der Waals surface area contributed by atoms with E-state index in [4.69, 9.17) is 11.6 Å². The van der Waals surface area contributed by atoms with Crippen LogP contribution in [0.4, 0.5) is 0 Å². The van der Waals surface area contributed by atoms with E-state index in [-0.39, 0.29) is 24.0 Å². The Hall–Kier alpha value is -0.530. The van der Waals surface area contributed by atoms with E-state index in [1.54, 1.807) is 0 Å². The first-order chi connectivity index (χ1) is 12.7. The van der Waals surface area contributed by atoms with E-state index < -0.39 is 0 Å². The molecule has 3 unspecified atom stereocenters. The van der Waals surface area contributed by atoms with Crippen LogP contribution in [0.1, 0.15) is 43.6 Å². The second-order valence-electron chi connectivity index (χ2n) is 8.16. The minimum atomic E-state index is 0. The molecule has 4 nitrogen and oxygen atoms in total. The van der Waals surface area contributed by atoms with Crippen molar-refractivity contribution in [2.45, 2.75) is 44.1 Å². The van der Waals surface area contributed by atoms with Gasteiger partial charge in [-0.3, -0.25) is 4.99 Å². The second kappa shape index (κ2) is 9.79. The molecule has 0 aromatic heterocycles. The van der Waals surface area contributed by atoms with Crippen molar-refractivity contribution in [1.29, 1.82) is 0 Å². The van der Waals surface area contributed by atoms with Gasteiger partial charge in [0.25, 0.3) is 0 Å². The largest absolute Gasteiger partial charge is 0.353 e. The molecule has 2 aliphatic heterocycles. The number of aliphatic imine (C=N–C) groups is 1. The number of rotatable bonds is 4. The number of piperidine rings is 1. The third kappa shape index (κ3) is 5.51. The van der Waals surface area contributed by atoms with Gasteiger partial charge in [0.15, 0.2) is 5.96 Å². The molecule has 0 bridgehead atoms. The Morgan fingerprint density at radius 1 is 1.22 bits per heavy atom. The number of nitrogens with zero attached hydrogens (tertiary/aromatic N) is 3. The van der Waals surface area contributed by atoms with Crippen LogP contribution in [0.5, 0.6) is 0 Å². The topological polar surface area (TPSA) is 30.9 Å². The Bertz CT molecular complexity index is 647. The number of benzene rings is 1. The fourth-order valence-electron chi connectivity index (χ4n) is 4.60. The zero-order valence-corrected chi connectivity index (χ0v) is 19.3. The van der Waals surface area contributed by atoms with Gasteiger partial charge in [-0.25, -0.2) is 0 Å². The molecule has 150 valence electrons. The highest BCUT2D eigenvalue weighted by Gasteiger charge is 2.40. The molecule has 0 radical (unpaired) electrons. The average Bonchev–Trinajstić information content (AvgIpc) is 3.29. The van der Waals surface area contributed by atoms with Crippen molar-refractivity contribution in [3.05, 3.63) is 34.9 Å². The molecule has 0 amide bonds. The predicted octanol–water partition coefficient (Wildman–Crippen LogP) is 4.20. The molecule has 1 aromatic rings. The fraction of sp³-hybridized carbons (Fsp3) is 0.667. The summed E-state index contributed by atoms with van der Waals surface area (Å²) in [6.45, 7) is 6.14. The summed E-state index contributed by atoms with van der Waals surface area (Å²) in [5, 5.41) is 4.53. The van der Waals surface area contributed by atoms with Gasteiger partial charge in [-0.05, 0) is 62.4 Å². The first-order valence-electron chi connectivity index (χ1n) is 10.2. The first-order valence-corrected chi connectivity index (χ1v) is 10.6. The third-order valence-electron chi connectivity index (χ3n) is 6.14. The van der Waals surface area contributed by atoms with Crippen molar-refractivity contribution >= 4 is 41.5 Å². The van der Waals surface area contributed by atoms with Crippen molar-refractivity contribution < 1.29 is 0 Å². The average molecular weight is 503 g/mol. The van der Waals surface area contributed by atoms with Gasteiger partial charge in [-0.15, -0.1) is 24.0 Å². The maximum absolute atomic E-state index is 6.14. The van der Waals surface area contributed by atoms with Crippen LogP contribution in [-0.4, -0.2) is 61.6 Å². The number of hydrogen-bond acceptors (Lipinski definition) is 2. The molecule has 1 aliphatic carbocycles. The van der Waals surface area contributed by atoms with Gasteiger partial charge in [0.2, 0.25) is 0 Å². The molecule has 3 fully saturated rings. The summed E-state index contributed by atoms with van der Waals surface area (Å²) < 4.78 is 0. The molecule has 2 heterocycles. The van der Waals surface area contributed by atoms with Crippen LogP contribution < -0.4 is 5.32 Å². The number of halogens is 2. The summed E-state index contributed by atoms with van der Waals surface area (Å²) in [6.07, 6.45) is 6.64. The maximum atomic E-state index is 6.14. The number of likely N-dealkylation sites (tertiary alicyclic amines) is 2. The SMILES string of the molecule is CN=C(NC1CC1c1cccc(Cl)c1)N1CCC(CN2CCCCC2)C1.I. The Kier molecular flexibility index (Phi) is 7.68. The lowest BCUT2D eigenvalue weighted by atomic mass is 10.1. The van der Waals surface area contributed by atoms with E-state index in [0.29, 0.717) is 12.0 Å². The van der Waals surface area contributed by atoms with Crippen LogP contribution in [0, 0.1) is 5.92 Å². The van der Waals surface area contributed by atoms with Crippen LogP contribution in [-0.2, 0) is 0 Å². The van der Waals surface area contributed by atoms with Crippen LogP contribution in [0.2, 0.25) is 5.02 Å². The van der Waals surface area contributed by atoms with Crippen molar-refractivity contribution in [3.63, 3.8) is 0 Å². The molecule has 1 N–H and O–H groups in total. The van der Waals surface area contributed by atoms with Crippen LogP contribution in [0.3, 0.4) is 0 Å². The zero-order valence-electron chi connectivity index (χ0n) is 16.2. The quantitative estimate of drug-likeness (QED) is 0.380. The van der Waals surface area contributed by atoms with E-state index >= 15 is 0 Å². The summed E-state index contributed by atoms with van der Waals surface area (Å²) in [6, 6.07) is 8.77. The normalized spacial score (nSPS) is 28.7. The van der Waals surface area contributed by atoms with Crippen molar-refractivity contribution in [1.82, 2.24) is 15.1 Å². The molecule has 2 saturated heterocycles. The van der Waals surface area contributed by atoms with Gasteiger partial charge in [-0.1, -0.05) is 30.2 Å². The van der Waals surface area contributed by atoms with Crippen molar-refractivity contribution in [2.75, 3.05) is 39.8 Å². The van der Waals surface area contributed by atoms with Crippen molar-refractivity contribution in [3.8, 4) is 0 Å². The molecule has 1 saturated carbocycles. The minimum Gasteiger partial charge on any atom is -0.353 e. The van der Waals surface area contributed by atoms with Crippen LogP contribution in [0.25, 0.3) is 0 Å². The van der Waals surface area contributed by atoms with E-state index in [9.17, 15) is 0 Å². The lowest BCUT2D eigenvalue weighted by Crippen LogP contribution is -2.42. The van der Waals surface area contributed by atoms with E-state index in [0.717, 1.165) is 30.0 Å². The lowest BCUT2D eigenvalue weighted by Gasteiger charge is -2.29. The lowest BCUT2D eigenvalue weighted by molar-refractivity contribution is 0.198. The molecule has 3 aliphatic rings. The third-order valence-corrected chi connectivity index (χ3v) is 6.38. The number of hydrogen-bond donors (Lipinski definition) is 1. The first kappa shape index (κ1) is 21.2. The molecule has 3 atom stereocenters. The van der Waals surface area contributed by atoms with Gasteiger partial charge in [0, 0.05) is 43.7 Å². The van der Waals surface area contributed by atoms with Gasteiger partial charge in [-0.2, -0.15) is 0 Å². The van der Waals surface area contributed by atoms with Gasteiger partial charge in [0.05, 0.1) is 0 Å². The molecule has 0 spiro atoms. The standard InChI is InChI=1S/C21H31ClN4.HI/c1-23-21(24-20-13-19(20)17-6-5-7-18(22)12-17)26-11-8-16(15-26)14-25-9-3-2-4-10-25;/h5-7,12,16,19-20H,2-4,8-11,13-15H2,1H3,(H,23,24);1H. The van der Waals surface area contributed by atoms with Gasteiger partial charge in [0.1, 0.15) is 0 Å². The molecule has 4 rings (SSSR count). The smallest absolute Gasteiger partial charge is 0.193 e. The Morgan fingerprint density at radius 3 is 2.78 bits per heavy atom. The van der Waals surface area contributed by atoms with E-state index in [1.165, 1.54) is 57.3 Å². The monoisotopic (exact) mass is 502 g/mol. The minimum absolute atomic E-state index is 0. The Morgan fingerprint density at radius 2 is 2.04 bits per heavy atom. The molecular formula is C21H32ClIN4. The summed E-state index contributed by atoms with van der Waals surface area (Å²) in [5.74, 6) is 2.44. The van der Waals surface area contributed by atoms with E-state index in [2.05, 4.69) is 32.2 Å². The maximum Gasteiger partial charge on any atom is 0.193 e. The van der Waals surface area contributed by atoms with Gasteiger partial charge < -0.3 is 15.1 Å². The summed E-state index contributed by atoms with van der Waals surface area (Å²) in [5.41, 5.74) is 1.34. The summed E-state index contributed by atoms with van der Waals surface area (Å²) >= 11 is 6.14. The number of nitrogens with one attached hydrogen (secondary N) is 1. The second-order valence-corrected chi connectivity index (χ2v) is 8.59. The molecule has 1 aromatic carbocycles. The molecule has 27 heavy (non-hydrogen) atoms. The summed E-state index contributed by atoms with van der Waals surface area (Å²) in [4.78, 5) is 9.70. The fourth-order valence-corrected chi connectivity index (χ4v) is 4.80. The number of guanidine groups is 1. The Labute approximate surface area is 185 Å².